The van der Waals surface area contributed by atoms with Gasteiger partial charge in [0.2, 0.25) is 0 Å². The summed E-state index contributed by atoms with van der Waals surface area (Å²) in [5, 5.41) is 0.666. The van der Waals surface area contributed by atoms with Crippen molar-refractivity contribution in [3.63, 3.8) is 0 Å². The smallest absolute Gasteiger partial charge is 0.179 e. The third-order valence-corrected chi connectivity index (χ3v) is 4.36. The van der Waals surface area contributed by atoms with Gasteiger partial charge in [-0.1, -0.05) is 11.6 Å². The molecule has 0 bridgehead atoms. The van der Waals surface area contributed by atoms with Crippen LogP contribution >= 0.6 is 11.6 Å². The SMILES string of the molecule is CC1CN(C)CCCN1C(C)C(=O)c1ccc(Cl)cc1. The van der Waals surface area contributed by atoms with Gasteiger partial charge in [0.05, 0.1) is 6.04 Å². The zero-order valence-electron chi connectivity index (χ0n) is 12.5. The van der Waals surface area contributed by atoms with Crippen LogP contribution < -0.4 is 0 Å². The minimum absolute atomic E-state index is 0.0855. The Kier molecular flexibility index (Phi) is 5.19. The van der Waals surface area contributed by atoms with Gasteiger partial charge >= 0.3 is 0 Å². The van der Waals surface area contributed by atoms with Crippen LogP contribution in [0.15, 0.2) is 24.3 Å². The molecule has 1 aromatic rings. The molecular weight excluding hydrogens is 272 g/mol. The standard InChI is InChI=1S/C16H23ClN2O/c1-12-11-18(3)9-4-10-19(12)13(2)16(20)14-5-7-15(17)8-6-14/h5-8,12-13H,4,9-11H2,1-3H3. The number of carbonyl (C=O) groups excluding carboxylic acids is 1. The second-order valence-electron chi connectivity index (χ2n) is 5.75. The van der Waals surface area contributed by atoms with Crippen molar-refractivity contribution in [1.29, 1.82) is 0 Å². The monoisotopic (exact) mass is 294 g/mol. The van der Waals surface area contributed by atoms with E-state index in [9.17, 15) is 4.79 Å². The van der Waals surface area contributed by atoms with Gasteiger partial charge in [-0.25, -0.2) is 0 Å². The van der Waals surface area contributed by atoms with Gasteiger partial charge in [-0.05, 0) is 58.1 Å². The van der Waals surface area contributed by atoms with Crippen molar-refractivity contribution in [3.05, 3.63) is 34.9 Å². The molecule has 2 unspecified atom stereocenters. The van der Waals surface area contributed by atoms with Gasteiger partial charge in [-0.2, -0.15) is 0 Å². The number of benzene rings is 1. The second kappa shape index (κ2) is 6.70. The maximum absolute atomic E-state index is 12.6. The van der Waals surface area contributed by atoms with Crippen molar-refractivity contribution in [2.75, 3.05) is 26.7 Å². The number of rotatable bonds is 3. The van der Waals surface area contributed by atoms with Crippen LogP contribution in [0.1, 0.15) is 30.6 Å². The molecule has 1 fully saturated rings. The Bertz CT molecular complexity index is 460. The molecular formula is C16H23ClN2O. The van der Waals surface area contributed by atoms with E-state index in [0.29, 0.717) is 11.1 Å². The van der Waals surface area contributed by atoms with E-state index in [4.69, 9.17) is 11.6 Å². The molecule has 4 heteroatoms. The number of hydrogen-bond acceptors (Lipinski definition) is 3. The van der Waals surface area contributed by atoms with Crippen LogP contribution in [0.3, 0.4) is 0 Å². The van der Waals surface area contributed by atoms with E-state index in [1.165, 1.54) is 0 Å². The quantitative estimate of drug-likeness (QED) is 0.801. The van der Waals surface area contributed by atoms with Crippen LogP contribution in [0.5, 0.6) is 0 Å². The molecule has 1 heterocycles. The minimum Gasteiger partial charge on any atom is -0.305 e. The number of likely N-dealkylation sites (N-methyl/N-ethyl adjacent to an activating group) is 1. The van der Waals surface area contributed by atoms with Crippen LogP contribution in [-0.4, -0.2) is 54.3 Å². The zero-order valence-corrected chi connectivity index (χ0v) is 13.2. The number of carbonyl (C=O) groups is 1. The topological polar surface area (TPSA) is 23.6 Å². The molecule has 2 atom stereocenters. The summed E-state index contributed by atoms with van der Waals surface area (Å²) in [5.41, 5.74) is 0.742. The Labute approximate surface area is 126 Å². The highest BCUT2D eigenvalue weighted by Gasteiger charge is 2.28. The summed E-state index contributed by atoms with van der Waals surface area (Å²) >= 11 is 5.88. The minimum atomic E-state index is -0.0855. The first-order valence-electron chi connectivity index (χ1n) is 7.23. The number of nitrogens with zero attached hydrogens (tertiary/aromatic N) is 2. The van der Waals surface area contributed by atoms with Crippen molar-refractivity contribution < 1.29 is 4.79 Å². The summed E-state index contributed by atoms with van der Waals surface area (Å²) in [7, 11) is 2.14. The van der Waals surface area contributed by atoms with E-state index in [1.54, 1.807) is 12.1 Å². The highest BCUT2D eigenvalue weighted by atomic mass is 35.5. The average Bonchev–Trinajstić information content (AvgIpc) is 2.58. The van der Waals surface area contributed by atoms with Crippen LogP contribution in [0.4, 0.5) is 0 Å². The normalized spacial score (nSPS) is 23.3. The Morgan fingerprint density at radius 1 is 1.30 bits per heavy atom. The maximum atomic E-state index is 12.6. The second-order valence-corrected chi connectivity index (χ2v) is 6.19. The molecule has 1 aliphatic heterocycles. The van der Waals surface area contributed by atoms with Crippen LogP contribution in [0.25, 0.3) is 0 Å². The van der Waals surface area contributed by atoms with Gasteiger partial charge in [0, 0.05) is 29.7 Å². The summed E-state index contributed by atoms with van der Waals surface area (Å²) in [6.45, 7) is 7.30. The van der Waals surface area contributed by atoms with Gasteiger partial charge in [0.25, 0.3) is 0 Å². The molecule has 0 N–H and O–H groups in total. The molecule has 0 radical (unpaired) electrons. The molecule has 2 rings (SSSR count). The molecule has 0 saturated carbocycles. The number of hydrogen-bond donors (Lipinski definition) is 0. The van der Waals surface area contributed by atoms with E-state index in [2.05, 4.69) is 23.8 Å². The molecule has 0 aromatic heterocycles. The summed E-state index contributed by atoms with van der Waals surface area (Å²) in [6, 6.07) is 7.50. The molecule has 1 aromatic carbocycles. The Hall–Kier alpha value is -0.900. The van der Waals surface area contributed by atoms with Crippen molar-refractivity contribution in [1.82, 2.24) is 9.80 Å². The maximum Gasteiger partial charge on any atom is 0.179 e. The van der Waals surface area contributed by atoms with Gasteiger partial charge in [-0.3, -0.25) is 9.69 Å². The summed E-state index contributed by atoms with van der Waals surface area (Å²) in [4.78, 5) is 17.3. The van der Waals surface area contributed by atoms with Crippen molar-refractivity contribution in [2.24, 2.45) is 0 Å². The Balaban J connectivity index is 2.11. The molecule has 0 amide bonds. The summed E-state index contributed by atoms with van der Waals surface area (Å²) in [5.74, 6) is 0.179. The Morgan fingerprint density at radius 3 is 2.60 bits per heavy atom. The first kappa shape index (κ1) is 15.5. The molecule has 1 aliphatic rings. The highest BCUT2D eigenvalue weighted by Crippen LogP contribution is 2.17. The lowest BCUT2D eigenvalue weighted by molar-refractivity contribution is 0.0778. The highest BCUT2D eigenvalue weighted by molar-refractivity contribution is 6.30. The molecule has 1 saturated heterocycles. The molecule has 110 valence electrons. The molecule has 0 spiro atoms. The predicted molar refractivity (Wildman–Crippen MR) is 83.5 cm³/mol. The largest absolute Gasteiger partial charge is 0.305 e. The fraction of sp³-hybridized carbons (Fsp3) is 0.562. The number of ketones is 1. The van der Waals surface area contributed by atoms with Crippen LogP contribution in [0.2, 0.25) is 5.02 Å². The first-order valence-corrected chi connectivity index (χ1v) is 7.61. The lowest BCUT2D eigenvalue weighted by atomic mass is 10.0. The van der Waals surface area contributed by atoms with E-state index in [-0.39, 0.29) is 11.8 Å². The van der Waals surface area contributed by atoms with Gasteiger partial charge in [-0.15, -0.1) is 0 Å². The van der Waals surface area contributed by atoms with E-state index >= 15 is 0 Å². The average molecular weight is 295 g/mol. The number of Topliss-reactive ketones (excluding diaryl/α,β-unsaturated/α-hetero) is 1. The first-order chi connectivity index (χ1) is 9.49. The van der Waals surface area contributed by atoms with E-state index in [0.717, 1.165) is 31.6 Å². The summed E-state index contributed by atoms with van der Waals surface area (Å²) < 4.78 is 0. The third kappa shape index (κ3) is 3.60. The van der Waals surface area contributed by atoms with Gasteiger partial charge in [0.1, 0.15) is 0 Å². The van der Waals surface area contributed by atoms with Gasteiger partial charge in [0.15, 0.2) is 5.78 Å². The van der Waals surface area contributed by atoms with Crippen LogP contribution in [0, 0.1) is 0 Å². The van der Waals surface area contributed by atoms with Crippen molar-refractivity contribution in [3.8, 4) is 0 Å². The van der Waals surface area contributed by atoms with Crippen molar-refractivity contribution >= 4 is 17.4 Å². The number of halogens is 1. The third-order valence-electron chi connectivity index (χ3n) is 4.10. The van der Waals surface area contributed by atoms with Gasteiger partial charge < -0.3 is 4.90 Å². The van der Waals surface area contributed by atoms with E-state index in [1.807, 2.05) is 19.1 Å². The molecule has 20 heavy (non-hydrogen) atoms. The fourth-order valence-corrected chi connectivity index (χ4v) is 3.10. The molecule has 3 nitrogen and oxygen atoms in total. The lowest BCUT2D eigenvalue weighted by Gasteiger charge is -2.32. The fourth-order valence-electron chi connectivity index (χ4n) is 2.97. The van der Waals surface area contributed by atoms with Crippen molar-refractivity contribution in [2.45, 2.75) is 32.4 Å². The van der Waals surface area contributed by atoms with E-state index < -0.39 is 0 Å². The molecule has 0 aliphatic carbocycles. The van der Waals surface area contributed by atoms with Crippen LogP contribution in [-0.2, 0) is 0 Å². The Morgan fingerprint density at radius 2 is 1.95 bits per heavy atom. The predicted octanol–water partition coefficient (Wildman–Crippen LogP) is 2.94. The lowest BCUT2D eigenvalue weighted by Crippen LogP contribution is -2.46. The summed E-state index contributed by atoms with van der Waals surface area (Å²) in [6.07, 6.45) is 1.11. The zero-order chi connectivity index (χ0) is 14.7.